The van der Waals surface area contributed by atoms with Crippen molar-refractivity contribution in [3.63, 3.8) is 0 Å². The van der Waals surface area contributed by atoms with E-state index < -0.39 is 0 Å². The van der Waals surface area contributed by atoms with Crippen LogP contribution in [0.2, 0.25) is 0 Å². The second-order valence-corrected chi connectivity index (χ2v) is 5.81. The Morgan fingerprint density at radius 3 is 2.70 bits per heavy atom. The Bertz CT molecular complexity index is 400. The number of likely N-dealkylation sites (tertiary alicyclic amines) is 1. The van der Waals surface area contributed by atoms with Crippen molar-refractivity contribution >= 4 is 5.69 Å². The standard InChI is InChI=1S/C16H27N3O/c1-18(2)15-7-10-19(11-8-15)9-4-12-20-16-6-3-5-14(17)13-16/h3,5-6,13,15H,4,7-12,17H2,1-2H3. The number of hydrogen-bond donors (Lipinski definition) is 1. The SMILES string of the molecule is CN(C)C1CCN(CCCOc2cccc(N)c2)CC1. The molecular weight excluding hydrogens is 250 g/mol. The van der Waals surface area contributed by atoms with E-state index in [2.05, 4.69) is 23.9 Å². The predicted octanol–water partition coefficient (Wildman–Crippen LogP) is 2.06. The Hall–Kier alpha value is -1.26. The summed E-state index contributed by atoms with van der Waals surface area (Å²) < 4.78 is 5.72. The van der Waals surface area contributed by atoms with Gasteiger partial charge in [0, 0.05) is 24.3 Å². The second kappa shape index (κ2) is 7.50. The lowest BCUT2D eigenvalue weighted by atomic mass is 10.0. The van der Waals surface area contributed by atoms with Crippen molar-refractivity contribution in [1.29, 1.82) is 0 Å². The minimum absolute atomic E-state index is 0.758. The van der Waals surface area contributed by atoms with Crippen LogP contribution in [0.1, 0.15) is 19.3 Å². The molecule has 0 aromatic heterocycles. The maximum absolute atomic E-state index is 5.72. The van der Waals surface area contributed by atoms with Crippen LogP contribution in [0.15, 0.2) is 24.3 Å². The Labute approximate surface area is 122 Å². The molecule has 0 spiro atoms. The summed E-state index contributed by atoms with van der Waals surface area (Å²) in [6.45, 7) is 4.31. The highest BCUT2D eigenvalue weighted by Crippen LogP contribution is 2.16. The van der Waals surface area contributed by atoms with Gasteiger partial charge in [-0.1, -0.05) is 6.07 Å². The summed E-state index contributed by atoms with van der Waals surface area (Å²) in [7, 11) is 4.36. The van der Waals surface area contributed by atoms with Crippen LogP contribution in [-0.4, -0.2) is 56.2 Å². The van der Waals surface area contributed by atoms with Gasteiger partial charge in [-0.05, 0) is 58.6 Å². The fraction of sp³-hybridized carbons (Fsp3) is 0.625. The molecule has 0 amide bonds. The maximum atomic E-state index is 5.72. The molecule has 0 atom stereocenters. The van der Waals surface area contributed by atoms with Crippen LogP contribution in [0.4, 0.5) is 5.69 Å². The van der Waals surface area contributed by atoms with Crippen molar-refractivity contribution < 1.29 is 4.74 Å². The van der Waals surface area contributed by atoms with E-state index in [4.69, 9.17) is 10.5 Å². The van der Waals surface area contributed by atoms with Crippen molar-refractivity contribution in [1.82, 2.24) is 9.80 Å². The number of piperidine rings is 1. The second-order valence-electron chi connectivity index (χ2n) is 5.81. The van der Waals surface area contributed by atoms with Gasteiger partial charge >= 0.3 is 0 Å². The first-order valence-electron chi connectivity index (χ1n) is 7.52. The fourth-order valence-electron chi connectivity index (χ4n) is 2.74. The molecular formula is C16H27N3O. The highest BCUT2D eigenvalue weighted by Gasteiger charge is 2.19. The highest BCUT2D eigenvalue weighted by molar-refractivity contribution is 5.43. The molecule has 2 rings (SSSR count). The molecule has 1 fully saturated rings. The number of nitrogen functional groups attached to an aromatic ring is 1. The first-order valence-corrected chi connectivity index (χ1v) is 7.52. The van der Waals surface area contributed by atoms with Gasteiger partial charge in [-0.2, -0.15) is 0 Å². The number of rotatable bonds is 6. The van der Waals surface area contributed by atoms with E-state index in [1.54, 1.807) is 0 Å². The van der Waals surface area contributed by atoms with Gasteiger partial charge in [-0.25, -0.2) is 0 Å². The van der Waals surface area contributed by atoms with Crippen molar-refractivity contribution in [2.24, 2.45) is 0 Å². The van der Waals surface area contributed by atoms with E-state index >= 15 is 0 Å². The number of nitrogens with two attached hydrogens (primary N) is 1. The minimum Gasteiger partial charge on any atom is -0.493 e. The van der Waals surface area contributed by atoms with Gasteiger partial charge in [0.1, 0.15) is 5.75 Å². The van der Waals surface area contributed by atoms with Crippen LogP contribution in [0.3, 0.4) is 0 Å². The molecule has 1 aliphatic rings. The lowest BCUT2D eigenvalue weighted by Gasteiger charge is -2.35. The smallest absolute Gasteiger partial charge is 0.121 e. The molecule has 0 radical (unpaired) electrons. The third-order valence-corrected chi connectivity index (χ3v) is 4.03. The molecule has 0 aliphatic carbocycles. The van der Waals surface area contributed by atoms with Gasteiger partial charge in [0.05, 0.1) is 6.61 Å². The van der Waals surface area contributed by atoms with Gasteiger partial charge in [0.25, 0.3) is 0 Å². The van der Waals surface area contributed by atoms with Gasteiger partial charge in [0.2, 0.25) is 0 Å². The highest BCUT2D eigenvalue weighted by atomic mass is 16.5. The summed E-state index contributed by atoms with van der Waals surface area (Å²) in [5, 5.41) is 0. The van der Waals surface area contributed by atoms with Crippen molar-refractivity contribution in [3.8, 4) is 5.75 Å². The van der Waals surface area contributed by atoms with Crippen LogP contribution in [0, 0.1) is 0 Å². The van der Waals surface area contributed by atoms with Crippen molar-refractivity contribution in [2.45, 2.75) is 25.3 Å². The molecule has 0 saturated carbocycles. The molecule has 1 heterocycles. The average Bonchev–Trinajstić information content (AvgIpc) is 2.44. The largest absolute Gasteiger partial charge is 0.493 e. The van der Waals surface area contributed by atoms with Gasteiger partial charge in [-0.15, -0.1) is 0 Å². The van der Waals surface area contributed by atoms with E-state index in [0.717, 1.165) is 37.1 Å². The minimum atomic E-state index is 0.758. The zero-order valence-corrected chi connectivity index (χ0v) is 12.7. The first-order chi connectivity index (χ1) is 9.65. The topological polar surface area (TPSA) is 41.7 Å². The molecule has 1 aromatic carbocycles. The molecule has 4 heteroatoms. The lowest BCUT2D eigenvalue weighted by molar-refractivity contribution is 0.138. The van der Waals surface area contributed by atoms with Crippen molar-refractivity contribution in [3.05, 3.63) is 24.3 Å². The van der Waals surface area contributed by atoms with E-state index in [1.165, 1.54) is 25.9 Å². The molecule has 2 N–H and O–H groups in total. The van der Waals surface area contributed by atoms with Crippen LogP contribution >= 0.6 is 0 Å². The number of ether oxygens (including phenoxy) is 1. The Balaban J connectivity index is 1.60. The first kappa shape index (κ1) is 15.1. The Kier molecular flexibility index (Phi) is 5.68. The van der Waals surface area contributed by atoms with E-state index in [0.29, 0.717) is 0 Å². The maximum Gasteiger partial charge on any atom is 0.121 e. The molecule has 112 valence electrons. The van der Waals surface area contributed by atoms with Crippen LogP contribution < -0.4 is 10.5 Å². The quantitative estimate of drug-likeness (QED) is 0.638. The van der Waals surface area contributed by atoms with Gasteiger partial charge in [0.15, 0.2) is 0 Å². The van der Waals surface area contributed by atoms with Crippen LogP contribution in [-0.2, 0) is 0 Å². The molecule has 0 unspecified atom stereocenters. The van der Waals surface area contributed by atoms with Crippen LogP contribution in [0.5, 0.6) is 5.75 Å². The Morgan fingerprint density at radius 1 is 1.30 bits per heavy atom. The summed E-state index contributed by atoms with van der Waals surface area (Å²) in [4.78, 5) is 4.89. The van der Waals surface area contributed by atoms with Gasteiger partial charge in [-0.3, -0.25) is 0 Å². The molecule has 4 nitrogen and oxygen atoms in total. The number of hydrogen-bond acceptors (Lipinski definition) is 4. The predicted molar refractivity (Wildman–Crippen MR) is 84.1 cm³/mol. The summed E-state index contributed by atoms with van der Waals surface area (Å²) in [6.07, 6.45) is 3.63. The van der Waals surface area contributed by atoms with E-state index in [9.17, 15) is 0 Å². The average molecular weight is 277 g/mol. The monoisotopic (exact) mass is 277 g/mol. The van der Waals surface area contributed by atoms with E-state index in [1.807, 2.05) is 24.3 Å². The molecule has 0 bridgehead atoms. The fourth-order valence-corrected chi connectivity index (χ4v) is 2.74. The Morgan fingerprint density at radius 2 is 2.05 bits per heavy atom. The van der Waals surface area contributed by atoms with Crippen LogP contribution in [0.25, 0.3) is 0 Å². The zero-order chi connectivity index (χ0) is 14.4. The summed E-state index contributed by atoms with van der Waals surface area (Å²) >= 11 is 0. The van der Waals surface area contributed by atoms with E-state index in [-0.39, 0.29) is 0 Å². The number of benzene rings is 1. The molecule has 1 aliphatic heterocycles. The zero-order valence-electron chi connectivity index (χ0n) is 12.7. The molecule has 1 saturated heterocycles. The third-order valence-electron chi connectivity index (χ3n) is 4.03. The third kappa shape index (κ3) is 4.69. The summed E-state index contributed by atoms with van der Waals surface area (Å²) in [5.41, 5.74) is 6.48. The van der Waals surface area contributed by atoms with Gasteiger partial charge < -0.3 is 20.3 Å². The normalized spacial score (nSPS) is 17.6. The van der Waals surface area contributed by atoms with Crippen molar-refractivity contribution in [2.75, 3.05) is 46.1 Å². The lowest BCUT2D eigenvalue weighted by Crippen LogP contribution is -2.42. The number of anilines is 1. The molecule has 1 aromatic rings. The molecule has 20 heavy (non-hydrogen) atoms. The summed E-state index contributed by atoms with van der Waals surface area (Å²) in [5.74, 6) is 0.872. The summed E-state index contributed by atoms with van der Waals surface area (Å²) in [6, 6.07) is 8.40. The number of nitrogens with zero attached hydrogens (tertiary/aromatic N) is 2.